The molecule has 1 aliphatic rings. The smallest absolute Gasteiger partial charge is 0.339 e. The summed E-state index contributed by atoms with van der Waals surface area (Å²) in [5.74, 6) is -0.890. The van der Waals surface area contributed by atoms with Crippen molar-refractivity contribution in [2.75, 3.05) is 33.4 Å². The van der Waals surface area contributed by atoms with E-state index in [0.29, 0.717) is 38.5 Å². The van der Waals surface area contributed by atoms with Crippen molar-refractivity contribution in [3.05, 3.63) is 23.2 Å². The molecule has 134 valence electrons. The largest absolute Gasteiger partial charge is 0.478 e. The minimum absolute atomic E-state index is 0.0669. The lowest BCUT2D eigenvalue weighted by molar-refractivity contribution is 0.00120. The van der Waals surface area contributed by atoms with E-state index in [0.717, 1.165) is 19.3 Å². The summed E-state index contributed by atoms with van der Waals surface area (Å²) in [7, 11) is 1.67. The molecule has 0 bridgehead atoms. The van der Waals surface area contributed by atoms with E-state index in [1.807, 2.05) is 0 Å². The highest BCUT2D eigenvalue weighted by atomic mass is 16.5. The molecule has 0 unspecified atom stereocenters. The van der Waals surface area contributed by atoms with Crippen LogP contribution in [0, 0.1) is 0 Å². The fourth-order valence-electron chi connectivity index (χ4n) is 2.81. The number of methoxy groups -OCH3 is 1. The number of aryl methyl sites for hydroxylation is 1. The Balaban J connectivity index is 1.87. The molecule has 24 heavy (non-hydrogen) atoms. The van der Waals surface area contributed by atoms with E-state index in [2.05, 4.69) is 0 Å². The van der Waals surface area contributed by atoms with E-state index in [-0.39, 0.29) is 23.3 Å². The second-order valence-electron chi connectivity index (χ2n) is 5.81. The number of nitrogens with zero attached hydrogens (tertiary/aromatic N) is 1. The number of likely N-dealkylation sites (tertiary alicyclic amines) is 1. The molecule has 1 amide bonds. The Hall–Kier alpha value is -1.86. The molecule has 2 rings (SSSR count). The summed E-state index contributed by atoms with van der Waals surface area (Å²) in [5.41, 5.74) is 0.0669. The molecule has 2 heterocycles. The van der Waals surface area contributed by atoms with Crippen LogP contribution >= 0.6 is 0 Å². The number of ether oxygens (including phenoxy) is 2. The van der Waals surface area contributed by atoms with Gasteiger partial charge in [-0.3, -0.25) is 4.79 Å². The summed E-state index contributed by atoms with van der Waals surface area (Å²) in [6.45, 7) is 4.30. The van der Waals surface area contributed by atoms with Gasteiger partial charge >= 0.3 is 5.97 Å². The fraction of sp³-hybridized carbons (Fsp3) is 0.647. The fourth-order valence-corrected chi connectivity index (χ4v) is 2.81. The molecular weight excluding hydrogens is 314 g/mol. The first-order valence-electron chi connectivity index (χ1n) is 8.32. The monoisotopic (exact) mass is 339 g/mol. The second-order valence-corrected chi connectivity index (χ2v) is 5.81. The molecule has 1 N–H and O–H groups in total. The van der Waals surface area contributed by atoms with Crippen molar-refractivity contribution in [2.45, 2.75) is 38.7 Å². The minimum atomic E-state index is -1.07. The SMILES string of the molecule is CCc1oc(C(=O)N2CCC(OCCCOC)CC2)cc1C(=O)O. The Bertz CT molecular complexity index is 559. The molecule has 1 saturated heterocycles. The molecule has 0 saturated carbocycles. The second kappa shape index (κ2) is 8.84. The molecule has 0 aliphatic carbocycles. The van der Waals surface area contributed by atoms with Gasteiger partial charge in [-0.2, -0.15) is 0 Å². The number of carbonyl (C=O) groups excluding carboxylic acids is 1. The van der Waals surface area contributed by atoms with Crippen LogP contribution in [0.15, 0.2) is 10.5 Å². The zero-order chi connectivity index (χ0) is 17.5. The van der Waals surface area contributed by atoms with Crippen LogP contribution < -0.4 is 0 Å². The maximum atomic E-state index is 12.5. The summed E-state index contributed by atoms with van der Waals surface area (Å²) >= 11 is 0. The van der Waals surface area contributed by atoms with Gasteiger partial charge < -0.3 is 23.9 Å². The van der Waals surface area contributed by atoms with Crippen LogP contribution in [0.1, 0.15) is 52.9 Å². The molecule has 0 aromatic carbocycles. The van der Waals surface area contributed by atoms with Gasteiger partial charge in [0.25, 0.3) is 5.91 Å². The van der Waals surface area contributed by atoms with Crippen molar-refractivity contribution >= 4 is 11.9 Å². The van der Waals surface area contributed by atoms with Crippen LogP contribution in [0.3, 0.4) is 0 Å². The summed E-state index contributed by atoms with van der Waals surface area (Å²) < 4.78 is 16.2. The van der Waals surface area contributed by atoms with Crippen molar-refractivity contribution < 1.29 is 28.6 Å². The number of aromatic carboxylic acids is 1. The Morgan fingerprint density at radius 3 is 2.58 bits per heavy atom. The molecule has 7 nitrogen and oxygen atoms in total. The van der Waals surface area contributed by atoms with E-state index in [1.54, 1.807) is 18.9 Å². The Morgan fingerprint density at radius 2 is 2.04 bits per heavy atom. The molecule has 7 heteroatoms. The van der Waals surface area contributed by atoms with Crippen LogP contribution in [0.5, 0.6) is 0 Å². The maximum absolute atomic E-state index is 12.5. The van der Waals surface area contributed by atoms with E-state index in [4.69, 9.17) is 19.0 Å². The Morgan fingerprint density at radius 1 is 1.33 bits per heavy atom. The molecule has 1 aromatic rings. The Labute approximate surface area is 141 Å². The van der Waals surface area contributed by atoms with Crippen LogP contribution in [0.2, 0.25) is 0 Å². The predicted molar refractivity (Wildman–Crippen MR) is 86.4 cm³/mol. The number of hydrogen-bond acceptors (Lipinski definition) is 5. The maximum Gasteiger partial charge on any atom is 0.339 e. The van der Waals surface area contributed by atoms with E-state index in [9.17, 15) is 9.59 Å². The highest BCUT2D eigenvalue weighted by Gasteiger charge is 2.27. The molecule has 1 aliphatic heterocycles. The lowest BCUT2D eigenvalue weighted by Crippen LogP contribution is -2.40. The van der Waals surface area contributed by atoms with Crippen LogP contribution in [0.25, 0.3) is 0 Å². The number of carbonyl (C=O) groups is 2. The molecule has 1 aromatic heterocycles. The van der Waals surface area contributed by atoms with Crippen molar-refractivity contribution in [1.82, 2.24) is 4.90 Å². The quantitative estimate of drug-likeness (QED) is 0.730. The number of hydrogen-bond donors (Lipinski definition) is 1. The van der Waals surface area contributed by atoms with Gasteiger partial charge in [-0.1, -0.05) is 6.92 Å². The number of rotatable bonds is 8. The third-order valence-electron chi connectivity index (χ3n) is 4.15. The van der Waals surface area contributed by atoms with Gasteiger partial charge in [0.2, 0.25) is 0 Å². The third kappa shape index (κ3) is 4.58. The van der Waals surface area contributed by atoms with Crippen LogP contribution in [-0.4, -0.2) is 61.4 Å². The van der Waals surface area contributed by atoms with E-state index >= 15 is 0 Å². The van der Waals surface area contributed by atoms with Gasteiger partial charge in [-0.05, 0) is 19.3 Å². The summed E-state index contributed by atoms with van der Waals surface area (Å²) in [4.78, 5) is 25.4. The summed E-state index contributed by atoms with van der Waals surface area (Å²) in [6.07, 6.45) is 2.99. The standard InChI is InChI=1S/C17H25NO6/c1-3-14-13(17(20)21)11-15(24-14)16(19)18-7-5-12(6-8-18)23-10-4-9-22-2/h11-12H,3-10H2,1-2H3,(H,20,21). The van der Waals surface area contributed by atoms with Crippen molar-refractivity contribution in [2.24, 2.45) is 0 Å². The van der Waals surface area contributed by atoms with Crippen molar-refractivity contribution in [1.29, 1.82) is 0 Å². The molecule has 0 spiro atoms. The average molecular weight is 339 g/mol. The van der Waals surface area contributed by atoms with Crippen LogP contribution in [0.4, 0.5) is 0 Å². The Kier molecular flexibility index (Phi) is 6.81. The molecule has 0 atom stereocenters. The van der Waals surface area contributed by atoms with Gasteiger partial charge in [0.05, 0.1) is 6.10 Å². The topological polar surface area (TPSA) is 89.2 Å². The zero-order valence-electron chi connectivity index (χ0n) is 14.2. The number of piperidine rings is 1. The number of amides is 1. The normalized spacial score (nSPS) is 15.7. The molecule has 1 fully saturated rings. The van der Waals surface area contributed by atoms with Gasteiger partial charge in [0.1, 0.15) is 11.3 Å². The lowest BCUT2D eigenvalue weighted by Gasteiger charge is -2.31. The first kappa shape index (κ1) is 18.5. The first-order valence-corrected chi connectivity index (χ1v) is 8.32. The molecular formula is C17H25NO6. The van der Waals surface area contributed by atoms with Gasteiger partial charge in [0, 0.05) is 45.9 Å². The molecule has 0 radical (unpaired) electrons. The van der Waals surface area contributed by atoms with Gasteiger partial charge in [-0.15, -0.1) is 0 Å². The van der Waals surface area contributed by atoms with Gasteiger partial charge in [0.15, 0.2) is 5.76 Å². The number of furan rings is 1. The summed E-state index contributed by atoms with van der Waals surface area (Å²) in [5, 5.41) is 9.15. The van der Waals surface area contributed by atoms with Gasteiger partial charge in [-0.25, -0.2) is 4.79 Å². The minimum Gasteiger partial charge on any atom is -0.478 e. The van der Waals surface area contributed by atoms with Crippen LogP contribution in [-0.2, 0) is 15.9 Å². The van der Waals surface area contributed by atoms with Crippen molar-refractivity contribution in [3.63, 3.8) is 0 Å². The highest BCUT2D eigenvalue weighted by Crippen LogP contribution is 2.21. The number of carboxylic acids is 1. The lowest BCUT2D eigenvalue weighted by atomic mass is 10.1. The van der Waals surface area contributed by atoms with E-state index < -0.39 is 5.97 Å². The predicted octanol–water partition coefficient (Wildman–Crippen LogP) is 2.20. The van der Waals surface area contributed by atoms with E-state index in [1.165, 1.54) is 6.07 Å². The van der Waals surface area contributed by atoms with Crippen molar-refractivity contribution in [3.8, 4) is 0 Å². The summed E-state index contributed by atoms with van der Waals surface area (Å²) in [6, 6.07) is 1.33. The average Bonchev–Trinajstić information content (AvgIpc) is 3.03. The number of carboxylic acid groups (broad SMARTS) is 1. The third-order valence-corrected chi connectivity index (χ3v) is 4.15. The highest BCUT2D eigenvalue weighted by molar-refractivity contribution is 5.96. The first-order chi connectivity index (χ1) is 11.6. The zero-order valence-corrected chi connectivity index (χ0v) is 14.2.